The van der Waals surface area contributed by atoms with E-state index in [1.165, 1.54) is 32.1 Å². The van der Waals surface area contributed by atoms with Gasteiger partial charge in [-0.05, 0) is 32.5 Å². The Kier molecular flexibility index (Phi) is 5.13. The molecular weight excluding hydrogens is 192 g/mol. The lowest BCUT2D eigenvalue weighted by molar-refractivity contribution is 0.0118. The SMILES string of the molecule is C[Si](C)(C)OCCOC1CCCCC1. The molecule has 0 aliphatic heterocycles. The van der Waals surface area contributed by atoms with Crippen molar-refractivity contribution in [3.63, 3.8) is 0 Å². The molecule has 0 aromatic rings. The van der Waals surface area contributed by atoms with Gasteiger partial charge in [0.25, 0.3) is 0 Å². The van der Waals surface area contributed by atoms with E-state index in [-0.39, 0.29) is 0 Å². The van der Waals surface area contributed by atoms with Crippen LogP contribution in [0.5, 0.6) is 0 Å². The van der Waals surface area contributed by atoms with E-state index in [0.29, 0.717) is 6.10 Å². The van der Waals surface area contributed by atoms with Gasteiger partial charge in [-0.15, -0.1) is 0 Å². The first kappa shape index (κ1) is 12.2. The molecule has 0 spiro atoms. The molecule has 0 unspecified atom stereocenters. The first-order valence-corrected chi connectivity index (χ1v) is 9.24. The summed E-state index contributed by atoms with van der Waals surface area (Å²) < 4.78 is 11.5. The lowest BCUT2D eigenvalue weighted by atomic mass is 9.98. The van der Waals surface area contributed by atoms with Crippen LogP contribution in [0.2, 0.25) is 19.6 Å². The van der Waals surface area contributed by atoms with Gasteiger partial charge >= 0.3 is 0 Å². The maximum atomic E-state index is 5.78. The van der Waals surface area contributed by atoms with Crippen molar-refractivity contribution in [2.24, 2.45) is 0 Å². The van der Waals surface area contributed by atoms with Gasteiger partial charge in [0, 0.05) is 0 Å². The fourth-order valence-corrected chi connectivity index (χ4v) is 2.49. The Hall–Kier alpha value is 0.137. The van der Waals surface area contributed by atoms with Gasteiger partial charge in [-0.1, -0.05) is 19.3 Å². The lowest BCUT2D eigenvalue weighted by Crippen LogP contribution is -2.28. The maximum absolute atomic E-state index is 5.78. The van der Waals surface area contributed by atoms with Crippen LogP contribution in [0.15, 0.2) is 0 Å². The quantitative estimate of drug-likeness (QED) is 0.519. The molecule has 1 fully saturated rings. The Morgan fingerprint density at radius 1 is 1.00 bits per heavy atom. The minimum Gasteiger partial charge on any atom is -0.415 e. The monoisotopic (exact) mass is 216 g/mol. The molecule has 0 amide bonds. The highest BCUT2D eigenvalue weighted by atomic mass is 28.4. The van der Waals surface area contributed by atoms with E-state index in [1.807, 2.05) is 0 Å². The number of ether oxygens (including phenoxy) is 1. The summed E-state index contributed by atoms with van der Waals surface area (Å²) in [5.74, 6) is 0. The summed E-state index contributed by atoms with van der Waals surface area (Å²) in [6, 6.07) is 0. The van der Waals surface area contributed by atoms with Crippen LogP contribution < -0.4 is 0 Å². The van der Waals surface area contributed by atoms with Gasteiger partial charge in [0.05, 0.1) is 19.3 Å². The van der Waals surface area contributed by atoms with E-state index >= 15 is 0 Å². The second-order valence-electron chi connectivity index (χ2n) is 5.09. The molecule has 0 saturated heterocycles. The van der Waals surface area contributed by atoms with Crippen LogP contribution in [0.1, 0.15) is 32.1 Å². The Labute approximate surface area is 89.1 Å². The third-order valence-electron chi connectivity index (χ3n) is 2.52. The first-order valence-electron chi connectivity index (χ1n) is 5.83. The minimum atomic E-state index is -1.32. The van der Waals surface area contributed by atoms with Crippen molar-refractivity contribution in [3.8, 4) is 0 Å². The number of hydrogen-bond donors (Lipinski definition) is 0. The summed E-state index contributed by atoms with van der Waals surface area (Å²) >= 11 is 0. The van der Waals surface area contributed by atoms with E-state index < -0.39 is 8.32 Å². The summed E-state index contributed by atoms with van der Waals surface area (Å²) in [5.41, 5.74) is 0. The third kappa shape index (κ3) is 5.78. The van der Waals surface area contributed by atoms with Crippen LogP contribution >= 0.6 is 0 Å². The Balaban J connectivity index is 1.97. The molecule has 84 valence electrons. The summed E-state index contributed by atoms with van der Waals surface area (Å²) in [6.07, 6.45) is 7.12. The second kappa shape index (κ2) is 5.88. The smallest absolute Gasteiger partial charge is 0.183 e. The van der Waals surface area contributed by atoms with Crippen LogP contribution in [-0.2, 0) is 9.16 Å². The Morgan fingerprint density at radius 3 is 2.21 bits per heavy atom. The van der Waals surface area contributed by atoms with Crippen molar-refractivity contribution in [2.45, 2.75) is 57.8 Å². The number of rotatable bonds is 5. The van der Waals surface area contributed by atoms with Gasteiger partial charge in [0.1, 0.15) is 0 Å². The molecule has 0 N–H and O–H groups in total. The van der Waals surface area contributed by atoms with Gasteiger partial charge < -0.3 is 9.16 Å². The zero-order valence-electron chi connectivity index (χ0n) is 9.84. The highest BCUT2D eigenvalue weighted by molar-refractivity contribution is 6.69. The molecule has 14 heavy (non-hydrogen) atoms. The van der Waals surface area contributed by atoms with E-state index in [2.05, 4.69) is 19.6 Å². The summed E-state index contributed by atoms with van der Waals surface area (Å²) in [6.45, 7) is 8.22. The van der Waals surface area contributed by atoms with E-state index in [4.69, 9.17) is 9.16 Å². The van der Waals surface area contributed by atoms with Crippen molar-refractivity contribution in [3.05, 3.63) is 0 Å². The summed E-state index contributed by atoms with van der Waals surface area (Å²) in [7, 11) is -1.32. The highest BCUT2D eigenvalue weighted by Gasteiger charge is 2.15. The van der Waals surface area contributed by atoms with Crippen LogP contribution in [0.25, 0.3) is 0 Å². The zero-order valence-corrected chi connectivity index (χ0v) is 10.8. The average Bonchev–Trinajstić information content (AvgIpc) is 2.13. The standard InChI is InChI=1S/C11H24O2Si/c1-14(2,3)13-10-9-12-11-7-5-4-6-8-11/h11H,4-10H2,1-3H3. The molecule has 0 heterocycles. The molecule has 0 radical (unpaired) electrons. The molecule has 1 saturated carbocycles. The Bertz CT molecular complexity index is 148. The second-order valence-corrected chi connectivity index (χ2v) is 9.61. The van der Waals surface area contributed by atoms with Crippen molar-refractivity contribution in [1.82, 2.24) is 0 Å². The average molecular weight is 216 g/mol. The van der Waals surface area contributed by atoms with E-state index in [1.54, 1.807) is 0 Å². The molecular formula is C11H24O2Si. The largest absolute Gasteiger partial charge is 0.415 e. The van der Waals surface area contributed by atoms with Gasteiger partial charge in [-0.2, -0.15) is 0 Å². The van der Waals surface area contributed by atoms with Gasteiger partial charge in [-0.25, -0.2) is 0 Å². The van der Waals surface area contributed by atoms with Gasteiger partial charge in [0.15, 0.2) is 8.32 Å². The normalized spacial score (nSPS) is 19.9. The molecule has 2 nitrogen and oxygen atoms in total. The lowest BCUT2D eigenvalue weighted by Gasteiger charge is -2.23. The highest BCUT2D eigenvalue weighted by Crippen LogP contribution is 2.20. The molecule has 0 aromatic heterocycles. The third-order valence-corrected chi connectivity index (χ3v) is 3.59. The molecule has 0 aromatic carbocycles. The molecule has 1 aliphatic carbocycles. The summed E-state index contributed by atoms with van der Waals surface area (Å²) in [5, 5.41) is 0. The first-order chi connectivity index (χ1) is 6.58. The number of hydrogen-bond acceptors (Lipinski definition) is 2. The molecule has 0 bridgehead atoms. The molecule has 1 rings (SSSR count). The molecule has 1 aliphatic rings. The predicted octanol–water partition coefficient (Wildman–Crippen LogP) is 3.19. The Morgan fingerprint density at radius 2 is 1.64 bits per heavy atom. The van der Waals surface area contributed by atoms with E-state index in [0.717, 1.165) is 13.2 Å². The fourth-order valence-electron chi connectivity index (χ4n) is 1.79. The molecule has 0 atom stereocenters. The van der Waals surface area contributed by atoms with Crippen LogP contribution in [0, 0.1) is 0 Å². The van der Waals surface area contributed by atoms with Gasteiger partial charge in [-0.3, -0.25) is 0 Å². The summed E-state index contributed by atoms with van der Waals surface area (Å²) in [4.78, 5) is 0. The topological polar surface area (TPSA) is 18.5 Å². The van der Waals surface area contributed by atoms with Crippen molar-refractivity contribution >= 4 is 8.32 Å². The molecule has 3 heteroatoms. The van der Waals surface area contributed by atoms with Gasteiger partial charge in [0.2, 0.25) is 0 Å². The van der Waals surface area contributed by atoms with Crippen molar-refractivity contribution < 1.29 is 9.16 Å². The maximum Gasteiger partial charge on any atom is 0.183 e. The van der Waals surface area contributed by atoms with Crippen LogP contribution in [0.4, 0.5) is 0 Å². The van der Waals surface area contributed by atoms with Crippen molar-refractivity contribution in [1.29, 1.82) is 0 Å². The fraction of sp³-hybridized carbons (Fsp3) is 1.00. The minimum absolute atomic E-state index is 0.522. The zero-order chi connectivity index (χ0) is 10.4. The van der Waals surface area contributed by atoms with Crippen LogP contribution in [0.3, 0.4) is 0 Å². The van der Waals surface area contributed by atoms with E-state index in [9.17, 15) is 0 Å². The van der Waals surface area contributed by atoms with Crippen LogP contribution in [-0.4, -0.2) is 27.6 Å². The van der Waals surface area contributed by atoms with Crippen molar-refractivity contribution in [2.75, 3.05) is 13.2 Å². The predicted molar refractivity (Wildman–Crippen MR) is 62.1 cm³/mol.